The number of nitrogens with one attached hydrogen (secondary N) is 2. The number of fused-ring (bicyclic) bond motifs is 1. The van der Waals surface area contributed by atoms with E-state index >= 15 is 0 Å². The van der Waals surface area contributed by atoms with E-state index in [-0.39, 0.29) is 0 Å². The lowest BCUT2D eigenvalue weighted by molar-refractivity contribution is 0.872. The fourth-order valence-corrected chi connectivity index (χ4v) is 2.75. The van der Waals surface area contributed by atoms with Gasteiger partial charge in [-0.2, -0.15) is 15.1 Å². The van der Waals surface area contributed by atoms with E-state index in [0.717, 1.165) is 34.1 Å². The summed E-state index contributed by atoms with van der Waals surface area (Å²) < 4.78 is 0. The molecule has 0 saturated carbocycles. The van der Waals surface area contributed by atoms with Gasteiger partial charge in [-0.1, -0.05) is 0 Å². The number of anilines is 2. The second kappa shape index (κ2) is 5.65. The van der Waals surface area contributed by atoms with Crippen LogP contribution in [0.15, 0.2) is 11.6 Å². The van der Waals surface area contributed by atoms with Gasteiger partial charge >= 0.3 is 0 Å². The summed E-state index contributed by atoms with van der Waals surface area (Å²) in [5.41, 5.74) is 1.78. The molecule has 3 rings (SSSR count). The van der Waals surface area contributed by atoms with Crippen molar-refractivity contribution in [2.24, 2.45) is 0 Å². The zero-order valence-electron chi connectivity index (χ0n) is 12.2. The highest BCUT2D eigenvalue weighted by atomic mass is 32.1. The Balaban J connectivity index is 1.95. The van der Waals surface area contributed by atoms with Gasteiger partial charge in [0, 0.05) is 19.0 Å². The van der Waals surface area contributed by atoms with Crippen LogP contribution in [0.2, 0.25) is 0 Å². The van der Waals surface area contributed by atoms with E-state index in [4.69, 9.17) is 0 Å². The summed E-state index contributed by atoms with van der Waals surface area (Å²) in [6, 6.07) is 0. The Kier molecular flexibility index (Phi) is 3.70. The first-order valence-corrected chi connectivity index (χ1v) is 7.62. The fourth-order valence-electron chi connectivity index (χ4n) is 2.15. The van der Waals surface area contributed by atoms with Gasteiger partial charge in [-0.25, -0.2) is 4.98 Å². The topological polar surface area (TPSA) is 82.6 Å². The van der Waals surface area contributed by atoms with Crippen molar-refractivity contribution >= 4 is 34.1 Å². The molecule has 8 heteroatoms. The number of thiazole rings is 1. The average molecular weight is 303 g/mol. The van der Waals surface area contributed by atoms with Crippen LogP contribution >= 0.6 is 11.3 Å². The standard InChI is InChI=1S/C13H17N7S/c1-4-14-13-17-11-10(5-15-19-11)12(18-13)20(3)6-9-7-21-8(2)16-9/h5,7H,4,6H2,1-3H3,(H2,14,15,17,18,19). The molecule has 0 fully saturated rings. The van der Waals surface area contributed by atoms with E-state index in [2.05, 4.69) is 40.7 Å². The van der Waals surface area contributed by atoms with Crippen molar-refractivity contribution in [2.75, 3.05) is 23.8 Å². The number of rotatable bonds is 5. The molecule has 2 N–H and O–H groups in total. The van der Waals surface area contributed by atoms with Crippen molar-refractivity contribution in [3.63, 3.8) is 0 Å². The molecule has 0 radical (unpaired) electrons. The Morgan fingerprint density at radius 2 is 2.19 bits per heavy atom. The van der Waals surface area contributed by atoms with Crippen LogP contribution in [-0.4, -0.2) is 38.7 Å². The number of hydrogen-bond acceptors (Lipinski definition) is 7. The maximum absolute atomic E-state index is 4.59. The van der Waals surface area contributed by atoms with E-state index < -0.39 is 0 Å². The number of nitrogens with zero attached hydrogens (tertiary/aromatic N) is 5. The molecule has 0 aliphatic carbocycles. The molecular formula is C13H17N7S. The van der Waals surface area contributed by atoms with Crippen LogP contribution in [0, 0.1) is 6.92 Å². The molecule has 3 aromatic rings. The Morgan fingerprint density at radius 1 is 1.33 bits per heavy atom. The van der Waals surface area contributed by atoms with E-state index in [1.54, 1.807) is 17.5 Å². The Hall–Kier alpha value is -2.22. The number of hydrogen-bond donors (Lipinski definition) is 2. The van der Waals surface area contributed by atoms with Gasteiger partial charge in [0.25, 0.3) is 0 Å². The monoisotopic (exact) mass is 303 g/mol. The lowest BCUT2D eigenvalue weighted by Gasteiger charge is -2.18. The zero-order valence-corrected chi connectivity index (χ0v) is 13.0. The predicted molar refractivity (Wildman–Crippen MR) is 84.8 cm³/mol. The number of aromatic nitrogens is 5. The number of aryl methyl sites for hydroxylation is 1. The fraction of sp³-hybridized carbons (Fsp3) is 0.385. The van der Waals surface area contributed by atoms with Crippen molar-refractivity contribution < 1.29 is 0 Å². The largest absolute Gasteiger partial charge is 0.354 e. The van der Waals surface area contributed by atoms with Crippen LogP contribution < -0.4 is 10.2 Å². The molecule has 0 aliphatic rings. The maximum Gasteiger partial charge on any atom is 0.226 e. The van der Waals surface area contributed by atoms with Crippen molar-refractivity contribution in [3.8, 4) is 0 Å². The van der Waals surface area contributed by atoms with Gasteiger partial charge in [0.05, 0.1) is 28.8 Å². The lowest BCUT2D eigenvalue weighted by Crippen LogP contribution is -2.19. The third-order valence-corrected chi connectivity index (χ3v) is 3.87. The van der Waals surface area contributed by atoms with Gasteiger partial charge in [-0.3, -0.25) is 5.10 Å². The smallest absolute Gasteiger partial charge is 0.226 e. The van der Waals surface area contributed by atoms with E-state index in [0.29, 0.717) is 12.5 Å². The number of aromatic amines is 1. The highest BCUT2D eigenvalue weighted by Crippen LogP contribution is 2.24. The van der Waals surface area contributed by atoms with Crippen LogP contribution in [0.25, 0.3) is 11.0 Å². The van der Waals surface area contributed by atoms with E-state index in [1.807, 2.05) is 20.9 Å². The lowest BCUT2D eigenvalue weighted by atomic mass is 10.3. The van der Waals surface area contributed by atoms with Crippen molar-refractivity contribution in [2.45, 2.75) is 20.4 Å². The second-order valence-electron chi connectivity index (χ2n) is 4.75. The summed E-state index contributed by atoms with van der Waals surface area (Å²) in [7, 11) is 2.00. The first-order valence-electron chi connectivity index (χ1n) is 6.74. The molecule has 0 aromatic carbocycles. The van der Waals surface area contributed by atoms with Crippen LogP contribution in [-0.2, 0) is 6.54 Å². The van der Waals surface area contributed by atoms with Crippen molar-refractivity contribution in [1.29, 1.82) is 0 Å². The molecule has 0 saturated heterocycles. The summed E-state index contributed by atoms with van der Waals surface area (Å²) in [6.07, 6.45) is 1.75. The molecule has 0 bridgehead atoms. The Bertz CT molecular complexity index is 748. The van der Waals surface area contributed by atoms with Gasteiger partial charge in [0.2, 0.25) is 5.95 Å². The highest BCUT2D eigenvalue weighted by Gasteiger charge is 2.14. The van der Waals surface area contributed by atoms with Crippen molar-refractivity contribution in [1.82, 2.24) is 25.1 Å². The van der Waals surface area contributed by atoms with Crippen molar-refractivity contribution in [3.05, 3.63) is 22.3 Å². The summed E-state index contributed by atoms with van der Waals surface area (Å²) in [5.74, 6) is 1.45. The molecule has 110 valence electrons. The Morgan fingerprint density at radius 3 is 2.90 bits per heavy atom. The number of H-pyrrole nitrogens is 1. The van der Waals surface area contributed by atoms with Gasteiger partial charge in [0.1, 0.15) is 5.82 Å². The van der Waals surface area contributed by atoms with Crippen LogP contribution in [0.3, 0.4) is 0 Å². The highest BCUT2D eigenvalue weighted by molar-refractivity contribution is 7.09. The minimum Gasteiger partial charge on any atom is -0.354 e. The summed E-state index contributed by atoms with van der Waals surface area (Å²) in [6.45, 7) is 5.50. The quantitative estimate of drug-likeness (QED) is 0.752. The second-order valence-corrected chi connectivity index (χ2v) is 5.81. The molecule has 0 spiro atoms. The summed E-state index contributed by atoms with van der Waals surface area (Å²) in [5, 5.41) is 14.2. The molecule has 0 aliphatic heterocycles. The van der Waals surface area contributed by atoms with Gasteiger partial charge in [-0.05, 0) is 13.8 Å². The summed E-state index contributed by atoms with van der Waals surface area (Å²) >= 11 is 1.66. The van der Waals surface area contributed by atoms with Crippen LogP contribution in [0.5, 0.6) is 0 Å². The third-order valence-electron chi connectivity index (χ3n) is 3.05. The molecule has 0 atom stereocenters. The van der Waals surface area contributed by atoms with E-state index in [1.165, 1.54) is 0 Å². The molecule has 0 unspecified atom stereocenters. The molecule has 3 aromatic heterocycles. The van der Waals surface area contributed by atoms with E-state index in [9.17, 15) is 0 Å². The first kappa shape index (κ1) is 13.7. The van der Waals surface area contributed by atoms with Gasteiger partial charge < -0.3 is 10.2 Å². The average Bonchev–Trinajstić information content (AvgIpc) is 3.07. The normalized spacial score (nSPS) is 11.0. The van der Waals surface area contributed by atoms with Gasteiger partial charge in [-0.15, -0.1) is 11.3 Å². The van der Waals surface area contributed by atoms with Crippen LogP contribution in [0.1, 0.15) is 17.6 Å². The molecule has 21 heavy (non-hydrogen) atoms. The molecule has 0 amide bonds. The predicted octanol–water partition coefficient (Wildman–Crippen LogP) is 2.19. The molecular weight excluding hydrogens is 286 g/mol. The first-order chi connectivity index (χ1) is 10.2. The Labute approximate surface area is 126 Å². The van der Waals surface area contributed by atoms with Gasteiger partial charge in [0.15, 0.2) is 5.65 Å². The zero-order chi connectivity index (χ0) is 14.8. The third kappa shape index (κ3) is 2.80. The minimum atomic E-state index is 0.602. The SMILES string of the molecule is CCNc1nc(N(C)Cc2csc(C)n2)c2cn[nH]c2n1. The maximum atomic E-state index is 4.59. The van der Waals surface area contributed by atoms with Crippen LogP contribution in [0.4, 0.5) is 11.8 Å². The summed E-state index contributed by atoms with van der Waals surface area (Å²) in [4.78, 5) is 15.5. The molecule has 7 nitrogen and oxygen atoms in total. The molecule has 3 heterocycles. The minimum absolute atomic E-state index is 0.602.